The number of para-hydroxylation sites is 1. The predicted octanol–water partition coefficient (Wildman–Crippen LogP) is 6.77. The van der Waals surface area contributed by atoms with Gasteiger partial charge in [0.05, 0.1) is 5.52 Å². The lowest BCUT2D eigenvalue weighted by molar-refractivity contribution is 0.0576. The highest BCUT2D eigenvalue weighted by atomic mass is 79.9. The summed E-state index contributed by atoms with van der Waals surface area (Å²) in [5, 5.41) is 4.97. The number of likely N-dealkylation sites (tertiary alicyclic amines) is 1. The Hall–Kier alpha value is -2.54. The molecule has 4 nitrogen and oxygen atoms in total. The molecule has 5 rings (SSSR count). The smallest absolute Gasteiger partial charge is 0.254 e. The highest BCUT2D eigenvalue weighted by molar-refractivity contribution is 9.11. The van der Waals surface area contributed by atoms with Gasteiger partial charge in [-0.1, -0.05) is 80.4 Å². The molecule has 1 fully saturated rings. The second-order valence-corrected chi connectivity index (χ2v) is 10.9. The zero-order valence-electron chi connectivity index (χ0n) is 19.3. The van der Waals surface area contributed by atoms with E-state index in [4.69, 9.17) is 0 Å². The van der Waals surface area contributed by atoms with Crippen molar-refractivity contribution >= 4 is 48.7 Å². The van der Waals surface area contributed by atoms with E-state index in [2.05, 4.69) is 95.6 Å². The van der Waals surface area contributed by atoms with Crippen LogP contribution in [-0.4, -0.2) is 34.4 Å². The Morgan fingerprint density at radius 2 is 1.71 bits per heavy atom. The van der Waals surface area contributed by atoms with Gasteiger partial charge in [0.1, 0.15) is 0 Å². The van der Waals surface area contributed by atoms with Crippen molar-refractivity contribution in [2.75, 3.05) is 6.54 Å². The van der Waals surface area contributed by atoms with Crippen molar-refractivity contribution in [1.29, 1.82) is 0 Å². The number of carbonyl (C=O) groups excluding carboxylic acids is 1. The third kappa shape index (κ3) is 5.83. The molecule has 2 atom stereocenters. The van der Waals surface area contributed by atoms with Crippen molar-refractivity contribution in [2.24, 2.45) is 0 Å². The molecule has 1 aliphatic rings. The van der Waals surface area contributed by atoms with Crippen LogP contribution >= 0.6 is 31.9 Å². The molecule has 2 unspecified atom stereocenters. The van der Waals surface area contributed by atoms with Gasteiger partial charge in [0.15, 0.2) is 0 Å². The Balaban J connectivity index is 1.34. The highest BCUT2D eigenvalue weighted by Crippen LogP contribution is 2.27. The number of pyridine rings is 1. The first-order valence-electron chi connectivity index (χ1n) is 11.9. The number of nitrogens with zero attached hydrogens (tertiary/aromatic N) is 2. The lowest BCUT2D eigenvalue weighted by atomic mass is 9.91. The van der Waals surface area contributed by atoms with Crippen LogP contribution in [0.1, 0.15) is 34.3 Å². The second kappa shape index (κ2) is 11.0. The summed E-state index contributed by atoms with van der Waals surface area (Å²) in [4.78, 5) is 20.2. The lowest BCUT2D eigenvalue weighted by Crippen LogP contribution is -2.51. The number of fused-ring (bicyclic) bond motifs is 1. The van der Waals surface area contributed by atoms with Crippen molar-refractivity contribution in [3.05, 3.63) is 111 Å². The van der Waals surface area contributed by atoms with Gasteiger partial charge in [-0.05, 0) is 60.7 Å². The summed E-state index contributed by atoms with van der Waals surface area (Å²) >= 11 is 7.06. The quantitative estimate of drug-likeness (QED) is 0.269. The van der Waals surface area contributed by atoms with E-state index in [1.807, 2.05) is 36.5 Å². The number of benzene rings is 3. The molecule has 4 aromatic rings. The maximum absolute atomic E-state index is 13.6. The van der Waals surface area contributed by atoms with E-state index in [1.165, 1.54) is 16.5 Å². The number of piperidine rings is 1. The highest BCUT2D eigenvalue weighted by Gasteiger charge is 2.32. The van der Waals surface area contributed by atoms with E-state index in [0.29, 0.717) is 11.6 Å². The normalized spacial score (nSPS) is 18.1. The van der Waals surface area contributed by atoms with Gasteiger partial charge < -0.3 is 10.2 Å². The largest absolute Gasteiger partial charge is 0.335 e. The number of hydrogen-bond donors (Lipinski definition) is 1. The number of carbonyl (C=O) groups is 1. The topological polar surface area (TPSA) is 45.2 Å². The average molecular weight is 593 g/mol. The molecule has 1 aromatic heterocycles. The van der Waals surface area contributed by atoms with Gasteiger partial charge >= 0.3 is 0 Å². The summed E-state index contributed by atoms with van der Waals surface area (Å²) in [7, 11) is 0. The summed E-state index contributed by atoms with van der Waals surface area (Å²) in [6.07, 6.45) is 4.57. The number of nitrogens with one attached hydrogen (secondary N) is 1. The van der Waals surface area contributed by atoms with Crippen molar-refractivity contribution in [1.82, 2.24) is 15.2 Å². The Morgan fingerprint density at radius 1 is 0.971 bits per heavy atom. The minimum absolute atomic E-state index is 0.0894. The Kier molecular flexibility index (Phi) is 7.61. The fourth-order valence-corrected chi connectivity index (χ4v) is 6.28. The molecule has 0 radical (unpaired) electrons. The van der Waals surface area contributed by atoms with Crippen molar-refractivity contribution in [2.45, 2.75) is 37.9 Å². The molecule has 1 N–H and O–H groups in total. The van der Waals surface area contributed by atoms with Crippen LogP contribution < -0.4 is 5.32 Å². The van der Waals surface area contributed by atoms with Gasteiger partial charge in [0.25, 0.3) is 5.91 Å². The molecule has 1 amide bonds. The van der Waals surface area contributed by atoms with Gasteiger partial charge in [0.2, 0.25) is 0 Å². The minimum atomic E-state index is 0.0894. The van der Waals surface area contributed by atoms with Crippen LogP contribution in [0.2, 0.25) is 0 Å². The van der Waals surface area contributed by atoms with Gasteiger partial charge in [-0.2, -0.15) is 0 Å². The molecule has 1 aliphatic heterocycles. The Morgan fingerprint density at radius 3 is 2.51 bits per heavy atom. The molecule has 178 valence electrons. The first kappa shape index (κ1) is 24.2. The average Bonchev–Trinajstić information content (AvgIpc) is 2.87. The van der Waals surface area contributed by atoms with Gasteiger partial charge in [-0.3, -0.25) is 9.78 Å². The molecular formula is C29H27Br2N3O. The van der Waals surface area contributed by atoms with Crippen molar-refractivity contribution in [3.63, 3.8) is 0 Å². The minimum Gasteiger partial charge on any atom is -0.335 e. The molecule has 3 aromatic carbocycles. The van der Waals surface area contributed by atoms with E-state index in [-0.39, 0.29) is 11.9 Å². The van der Waals surface area contributed by atoms with Gasteiger partial charge in [-0.15, -0.1) is 0 Å². The van der Waals surface area contributed by atoms with Crippen LogP contribution in [0.25, 0.3) is 10.9 Å². The zero-order chi connectivity index (χ0) is 24.2. The summed E-state index contributed by atoms with van der Waals surface area (Å²) in [6.45, 7) is 1.52. The standard InChI is InChI=1S/C29H27Br2N3O/c30-23-15-22(16-24(31)17-23)29(35)34-13-11-25(18-26(34)14-20-6-2-1-3-7-20)33-19-21-10-12-32-28-9-5-4-8-27(21)28/h1-10,12,15-17,25-26,33H,11,13-14,18-19H2. The van der Waals surface area contributed by atoms with Crippen molar-refractivity contribution in [3.8, 4) is 0 Å². The molecule has 0 bridgehead atoms. The SMILES string of the molecule is O=C(c1cc(Br)cc(Br)c1)N1CCC(NCc2ccnc3ccccc23)CC1Cc1ccccc1. The number of halogens is 2. The molecule has 2 heterocycles. The van der Waals surface area contributed by atoms with Crippen molar-refractivity contribution < 1.29 is 4.79 Å². The maximum Gasteiger partial charge on any atom is 0.254 e. The third-order valence-corrected chi connectivity index (χ3v) is 7.64. The van der Waals surface area contributed by atoms with Crippen LogP contribution in [-0.2, 0) is 13.0 Å². The lowest BCUT2D eigenvalue weighted by Gasteiger charge is -2.40. The van der Waals surface area contributed by atoms with Crippen LogP contribution in [0, 0.1) is 0 Å². The van der Waals surface area contributed by atoms with E-state index < -0.39 is 0 Å². The molecule has 1 saturated heterocycles. The molecule has 0 aliphatic carbocycles. The van der Waals surface area contributed by atoms with Gasteiger partial charge in [0, 0.05) is 51.3 Å². The van der Waals surface area contributed by atoms with Crippen LogP contribution in [0.5, 0.6) is 0 Å². The van der Waals surface area contributed by atoms with E-state index in [9.17, 15) is 4.79 Å². The summed E-state index contributed by atoms with van der Waals surface area (Å²) < 4.78 is 1.80. The molecule has 6 heteroatoms. The number of aromatic nitrogens is 1. The Bertz CT molecular complexity index is 1300. The maximum atomic E-state index is 13.6. The Labute approximate surface area is 223 Å². The number of hydrogen-bond acceptors (Lipinski definition) is 3. The summed E-state index contributed by atoms with van der Waals surface area (Å²) in [5.74, 6) is 0.0894. The zero-order valence-corrected chi connectivity index (χ0v) is 22.5. The van der Waals surface area contributed by atoms with Crippen LogP contribution in [0.4, 0.5) is 0 Å². The predicted molar refractivity (Wildman–Crippen MR) is 148 cm³/mol. The number of amides is 1. The summed E-state index contributed by atoms with van der Waals surface area (Å²) in [5.41, 5.74) is 4.24. The van der Waals surface area contributed by atoms with E-state index >= 15 is 0 Å². The summed E-state index contributed by atoms with van der Waals surface area (Å²) in [6, 6.07) is 27.1. The first-order valence-corrected chi connectivity index (χ1v) is 13.5. The van der Waals surface area contributed by atoms with Crippen LogP contribution in [0.3, 0.4) is 0 Å². The monoisotopic (exact) mass is 591 g/mol. The number of rotatable bonds is 6. The van der Waals surface area contributed by atoms with Gasteiger partial charge in [-0.25, -0.2) is 0 Å². The van der Waals surface area contributed by atoms with Crippen LogP contribution in [0.15, 0.2) is 94.0 Å². The second-order valence-electron chi connectivity index (χ2n) is 9.09. The molecule has 35 heavy (non-hydrogen) atoms. The van der Waals surface area contributed by atoms with E-state index in [1.54, 1.807) is 0 Å². The fourth-order valence-electron chi connectivity index (χ4n) is 4.99. The molecule has 0 spiro atoms. The molecule has 0 saturated carbocycles. The first-order chi connectivity index (χ1) is 17.1. The molecular weight excluding hydrogens is 566 g/mol. The third-order valence-electron chi connectivity index (χ3n) is 6.72. The van der Waals surface area contributed by atoms with E-state index in [0.717, 1.165) is 46.8 Å². The fraction of sp³-hybridized carbons (Fsp3) is 0.241.